The summed E-state index contributed by atoms with van der Waals surface area (Å²) in [6, 6.07) is 4.08. The lowest BCUT2D eigenvalue weighted by atomic mass is 10.2. The molecule has 100 valence electrons. The first-order chi connectivity index (χ1) is 9.29. The van der Waals surface area contributed by atoms with Gasteiger partial charge < -0.3 is 10.2 Å². The van der Waals surface area contributed by atoms with E-state index in [4.69, 9.17) is 0 Å². The van der Waals surface area contributed by atoms with Crippen molar-refractivity contribution in [1.82, 2.24) is 20.3 Å². The van der Waals surface area contributed by atoms with Crippen LogP contribution in [-0.4, -0.2) is 35.6 Å². The second kappa shape index (κ2) is 6.80. The number of hydrogen-bond acceptors (Lipinski definition) is 5. The van der Waals surface area contributed by atoms with Gasteiger partial charge in [-0.15, -0.1) is 0 Å². The summed E-state index contributed by atoms with van der Waals surface area (Å²) in [6.45, 7) is 1.64. The van der Waals surface area contributed by atoms with Gasteiger partial charge in [0.15, 0.2) is 0 Å². The van der Waals surface area contributed by atoms with Crippen LogP contribution in [0.4, 0.5) is 5.82 Å². The fraction of sp³-hybridized carbons (Fsp3) is 0.357. The Bertz CT molecular complexity index is 500. The van der Waals surface area contributed by atoms with Gasteiger partial charge in [0.25, 0.3) is 0 Å². The minimum atomic E-state index is 0.735. The average molecular weight is 257 g/mol. The average Bonchev–Trinajstić information content (AvgIpc) is 2.46. The van der Waals surface area contributed by atoms with Crippen molar-refractivity contribution in [1.29, 1.82) is 0 Å². The first-order valence-corrected chi connectivity index (χ1v) is 6.35. The van der Waals surface area contributed by atoms with E-state index >= 15 is 0 Å². The third-order valence-electron chi connectivity index (χ3n) is 2.91. The van der Waals surface area contributed by atoms with E-state index in [0.717, 1.165) is 31.0 Å². The summed E-state index contributed by atoms with van der Waals surface area (Å²) in [5.74, 6) is 0.904. The molecular formula is C14H19N5. The van der Waals surface area contributed by atoms with Gasteiger partial charge >= 0.3 is 0 Å². The minimum Gasteiger partial charge on any atom is -0.358 e. The zero-order chi connectivity index (χ0) is 13.5. The van der Waals surface area contributed by atoms with E-state index in [2.05, 4.69) is 25.2 Å². The first kappa shape index (κ1) is 13.4. The van der Waals surface area contributed by atoms with E-state index in [-0.39, 0.29) is 0 Å². The van der Waals surface area contributed by atoms with Crippen molar-refractivity contribution in [2.75, 3.05) is 25.5 Å². The molecule has 0 aromatic carbocycles. The van der Waals surface area contributed by atoms with Gasteiger partial charge in [-0.25, -0.2) is 4.98 Å². The van der Waals surface area contributed by atoms with Gasteiger partial charge in [-0.2, -0.15) is 0 Å². The lowest BCUT2D eigenvalue weighted by Gasteiger charge is -2.18. The molecule has 0 bridgehead atoms. The molecule has 19 heavy (non-hydrogen) atoms. The first-order valence-electron chi connectivity index (χ1n) is 6.35. The molecule has 0 saturated carbocycles. The van der Waals surface area contributed by atoms with E-state index in [1.807, 2.05) is 38.6 Å². The number of nitrogens with zero attached hydrogens (tertiary/aromatic N) is 4. The van der Waals surface area contributed by atoms with E-state index in [1.165, 1.54) is 5.56 Å². The van der Waals surface area contributed by atoms with Crippen LogP contribution in [0.15, 0.2) is 36.9 Å². The second-order valence-corrected chi connectivity index (χ2v) is 4.43. The Kier molecular flexibility index (Phi) is 4.80. The fourth-order valence-electron chi connectivity index (χ4n) is 1.81. The monoisotopic (exact) mass is 257 g/mol. The van der Waals surface area contributed by atoms with Crippen LogP contribution in [0, 0.1) is 0 Å². The van der Waals surface area contributed by atoms with Crippen molar-refractivity contribution in [3.05, 3.63) is 48.2 Å². The highest BCUT2D eigenvalue weighted by Crippen LogP contribution is 2.09. The molecule has 0 aliphatic heterocycles. The van der Waals surface area contributed by atoms with Gasteiger partial charge in [-0.3, -0.25) is 9.97 Å². The topological polar surface area (TPSA) is 53.9 Å². The van der Waals surface area contributed by atoms with E-state index in [9.17, 15) is 0 Å². The van der Waals surface area contributed by atoms with Crippen LogP contribution in [0.1, 0.15) is 11.3 Å². The maximum atomic E-state index is 4.56. The molecule has 5 heteroatoms. The predicted molar refractivity (Wildman–Crippen MR) is 76.0 cm³/mol. The largest absolute Gasteiger partial charge is 0.358 e. The normalized spacial score (nSPS) is 10.4. The van der Waals surface area contributed by atoms with Crippen LogP contribution < -0.4 is 10.2 Å². The number of anilines is 1. The molecule has 0 amide bonds. The molecule has 0 spiro atoms. The van der Waals surface area contributed by atoms with Crippen molar-refractivity contribution in [3.63, 3.8) is 0 Å². The number of pyridine rings is 1. The lowest BCUT2D eigenvalue weighted by molar-refractivity contribution is 0.773. The third-order valence-corrected chi connectivity index (χ3v) is 2.91. The lowest BCUT2D eigenvalue weighted by Crippen LogP contribution is -2.22. The Labute approximate surface area is 113 Å². The van der Waals surface area contributed by atoms with Crippen molar-refractivity contribution in [3.8, 4) is 0 Å². The molecule has 5 nitrogen and oxygen atoms in total. The second-order valence-electron chi connectivity index (χ2n) is 4.43. The van der Waals surface area contributed by atoms with Crippen molar-refractivity contribution in [2.24, 2.45) is 0 Å². The summed E-state index contributed by atoms with van der Waals surface area (Å²) in [5, 5.41) is 3.08. The number of likely N-dealkylation sites (N-methyl/N-ethyl adjacent to an activating group) is 1. The summed E-state index contributed by atoms with van der Waals surface area (Å²) in [5.41, 5.74) is 2.23. The van der Waals surface area contributed by atoms with Crippen molar-refractivity contribution >= 4 is 5.82 Å². The van der Waals surface area contributed by atoms with Crippen LogP contribution >= 0.6 is 0 Å². The van der Waals surface area contributed by atoms with E-state index in [1.54, 1.807) is 12.4 Å². The highest BCUT2D eigenvalue weighted by Gasteiger charge is 2.04. The van der Waals surface area contributed by atoms with Gasteiger partial charge in [0, 0.05) is 38.7 Å². The molecule has 0 saturated heterocycles. The molecule has 2 rings (SSSR count). The van der Waals surface area contributed by atoms with Crippen molar-refractivity contribution < 1.29 is 0 Å². The molecule has 0 aliphatic carbocycles. The van der Waals surface area contributed by atoms with Gasteiger partial charge in [0.2, 0.25) is 0 Å². The van der Waals surface area contributed by atoms with Crippen LogP contribution in [0.25, 0.3) is 0 Å². The molecule has 1 N–H and O–H groups in total. The van der Waals surface area contributed by atoms with E-state index in [0.29, 0.717) is 0 Å². The van der Waals surface area contributed by atoms with Crippen LogP contribution in [0.5, 0.6) is 0 Å². The maximum Gasteiger partial charge on any atom is 0.147 e. The molecule has 0 atom stereocenters. The molecular weight excluding hydrogens is 238 g/mol. The summed E-state index contributed by atoms with van der Waals surface area (Å²) in [4.78, 5) is 14.9. The SMILES string of the molecule is CNCc1cncc(N(C)CCc2ccncc2)n1. The quantitative estimate of drug-likeness (QED) is 0.844. The fourth-order valence-corrected chi connectivity index (χ4v) is 1.81. The Morgan fingerprint density at radius 2 is 1.95 bits per heavy atom. The van der Waals surface area contributed by atoms with Crippen LogP contribution in [0.2, 0.25) is 0 Å². The van der Waals surface area contributed by atoms with Gasteiger partial charge in [0.05, 0.1) is 11.9 Å². The summed E-state index contributed by atoms with van der Waals surface area (Å²) in [7, 11) is 3.94. The highest BCUT2D eigenvalue weighted by atomic mass is 15.2. The maximum absolute atomic E-state index is 4.56. The number of aromatic nitrogens is 3. The Hall–Kier alpha value is -2.01. The number of rotatable bonds is 6. The molecule has 2 aromatic rings. The van der Waals surface area contributed by atoms with Gasteiger partial charge in [-0.1, -0.05) is 0 Å². The summed E-state index contributed by atoms with van der Waals surface area (Å²) in [6.07, 6.45) is 8.20. The van der Waals surface area contributed by atoms with Crippen molar-refractivity contribution in [2.45, 2.75) is 13.0 Å². The summed E-state index contributed by atoms with van der Waals surface area (Å²) >= 11 is 0. The highest BCUT2D eigenvalue weighted by molar-refractivity contribution is 5.35. The predicted octanol–water partition coefficient (Wildman–Crippen LogP) is 1.27. The third kappa shape index (κ3) is 3.99. The molecule has 0 unspecified atom stereocenters. The number of hydrogen-bond donors (Lipinski definition) is 1. The zero-order valence-corrected chi connectivity index (χ0v) is 11.4. The molecule has 0 radical (unpaired) electrons. The van der Waals surface area contributed by atoms with Gasteiger partial charge in [-0.05, 0) is 31.2 Å². The van der Waals surface area contributed by atoms with Gasteiger partial charge in [0.1, 0.15) is 5.82 Å². The molecule has 2 aromatic heterocycles. The Balaban J connectivity index is 1.95. The number of nitrogens with one attached hydrogen (secondary N) is 1. The van der Waals surface area contributed by atoms with E-state index < -0.39 is 0 Å². The standard InChI is InChI=1S/C14H19N5/c1-15-9-13-10-17-11-14(18-13)19(2)8-5-12-3-6-16-7-4-12/h3-4,6-7,10-11,15H,5,8-9H2,1-2H3. The Morgan fingerprint density at radius 3 is 2.68 bits per heavy atom. The summed E-state index contributed by atoms with van der Waals surface area (Å²) < 4.78 is 0. The molecule has 0 aliphatic rings. The minimum absolute atomic E-state index is 0.735. The smallest absolute Gasteiger partial charge is 0.147 e. The van der Waals surface area contributed by atoms with Crippen LogP contribution in [0.3, 0.4) is 0 Å². The van der Waals surface area contributed by atoms with Crippen LogP contribution in [-0.2, 0) is 13.0 Å². The Morgan fingerprint density at radius 1 is 1.16 bits per heavy atom. The zero-order valence-electron chi connectivity index (χ0n) is 11.4. The molecule has 0 fully saturated rings. The molecule has 2 heterocycles.